The Bertz CT molecular complexity index is 1660. The van der Waals surface area contributed by atoms with Gasteiger partial charge in [-0.1, -0.05) is 13.0 Å². The number of aliphatic hydroxyl groups excluding tert-OH is 1. The van der Waals surface area contributed by atoms with Crippen LogP contribution in [-0.2, 0) is 12.8 Å². The maximum atomic E-state index is 15.0. The van der Waals surface area contributed by atoms with Crippen LogP contribution in [0.3, 0.4) is 0 Å². The minimum absolute atomic E-state index is 0.0200. The number of anilines is 2. The third-order valence-electron chi connectivity index (χ3n) is 11.0. The summed E-state index contributed by atoms with van der Waals surface area (Å²) < 4.78 is 21.4. The fourth-order valence-electron chi connectivity index (χ4n) is 8.88. The zero-order valence-electron chi connectivity index (χ0n) is 25.8. The molecule has 1 aromatic heterocycles. The number of aliphatic hydroxyl groups is 1. The van der Waals surface area contributed by atoms with Crippen molar-refractivity contribution in [1.82, 2.24) is 20.2 Å². The van der Waals surface area contributed by atoms with Crippen LogP contribution in [0.15, 0.2) is 24.3 Å². The van der Waals surface area contributed by atoms with E-state index >= 15 is 4.39 Å². The lowest BCUT2D eigenvalue weighted by molar-refractivity contribution is 0.0641. The maximum Gasteiger partial charge on any atom is 0.319 e. The second-order valence-electron chi connectivity index (χ2n) is 13.5. The highest BCUT2D eigenvalue weighted by Gasteiger charge is 2.49. The van der Waals surface area contributed by atoms with E-state index in [1.54, 1.807) is 23.1 Å². The number of phenols is 1. The molecule has 3 aromatic rings. The fraction of sp³-hybridized carbons (Fsp3) is 0.559. The van der Waals surface area contributed by atoms with E-state index in [9.17, 15) is 15.0 Å². The van der Waals surface area contributed by atoms with Crippen molar-refractivity contribution >= 4 is 28.2 Å². The zero-order chi connectivity index (χ0) is 30.9. The van der Waals surface area contributed by atoms with Crippen LogP contribution in [0.1, 0.15) is 67.1 Å². The second-order valence-corrected chi connectivity index (χ2v) is 13.5. The number of amides is 1. The molecule has 5 aliphatic rings. The summed E-state index contributed by atoms with van der Waals surface area (Å²) in [6.07, 6.45) is 7.16. The van der Waals surface area contributed by atoms with Gasteiger partial charge in [0.25, 0.3) is 5.91 Å². The third-order valence-corrected chi connectivity index (χ3v) is 11.0. The SMILES string of the molecule is CCc1c(F)ccc2cc(O)cc(N3CCc4c(nc(OC[C@]56CCCN5[C@@H](CO)CC6)nc4N4C[C@H]5CC[C@@H](C4)N5)C3=O)c12. The van der Waals surface area contributed by atoms with Gasteiger partial charge in [-0.3, -0.25) is 9.69 Å². The third kappa shape index (κ3) is 4.73. The number of piperazine rings is 1. The van der Waals surface area contributed by atoms with Crippen molar-refractivity contribution in [1.29, 1.82) is 0 Å². The molecule has 3 N–H and O–H groups in total. The van der Waals surface area contributed by atoms with Gasteiger partial charge in [-0.15, -0.1) is 0 Å². The van der Waals surface area contributed by atoms with Crippen molar-refractivity contribution in [3.05, 3.63) is 46.9 Å². The topological polar surface area (TPSA) is 114 Å². The van der Waals surface area contributed by atoms with Crippen molar-refractivity contribution in [3.63, 3.8) is 0 Å². The smallest absolute Gasteiger partial charge is 0.319 e. The van der Waals surface area contributed by atoms with Crippen LogP contribution >= 0.6 is 0 Å². The molecule has 2 bridgehead atoms. The molecule has 1 amide bonds. The lowest BCUT2D eigenvalue weighted by atomic mass is 9.95. The summed E-state index contributed by atoms with van der Waals surface area (Å²) in [7, 11) is 0. The molecule has 4 saturated heterocycles. The van der Waals surface area contributed by atoms with Gasteiger partial charge in [0.05, 0.1) is 17.8 Å². The van der Waals surface area contributed by atoms with Crippen molar-refractivity contribution < 1.29 is 24.1 Å². The minimum atomic E-state index is -0.328. The Balaban J connectivity index is 1.19. The lowest BCUT2D eigenvalue weighted by Crippen LogP contribution is -2.52. The first-order chi connectivity index (χ1) is 21.9. The van der Waals surface area contributed by atoms with Crippen LogP contribution in [0.5, 0.6) is 11.8 Å². The molecular formula is C34H41FN6O4. The molecule has 2 aromatic carbocycles. The molecule has 0 unspecified atom stereocenters. The maximum absolute atomic E-state index is 15.0. The first-order valence-electron chi connectivity index (χ1n) is 16.6. The molecular weight excluding hydrogens is 575 g/mol. The van der Waals surface area contributed by atoms with Crippen LogP contribution in [0.25, 0.3) is 10.8 Å². The van der Waals surface area contributed by atoms with E-state index in [1.807, 2.05) is 6.92 Å². The van der Waals surface area contributed by atoms with Crippen LogP contribution in [0, 0.1) is 5.82 Å². The summed E-state index contributed by atoms with van der Waals surface area (Å²) in [6.45, 7) is 5.37. The van der Waals surface area contributed by atoms with E-state index in [4.69, 9.17) is 14.7 Å². The van der Waals surface area contributed by atoms with Gasteiger partial charge in [-0.2, -0.15) is 9.97 Å². The molecule has 5 aliphatic heterocycles. The summed E-state index contributed by atoms with van der Waals surface area (Å²) in [5, 5.41) is 25.6. The Morgan fingerprint density at radius 3 is 2.71 bits per heavy atom. The van der Waals surface area contributed by atoms with E-state index < -0.39 is 0 Å². The standard InChI is InChI=1S/C34H41FN6O4/c1-2-25-27(35)7-4-20-14-24(43)15-28(29(20)25)40-13-9-26-30(32(40)44)37-33(38-31(26)39-16-21-5-6-22(17-39)36-21)45-19-34-10-3-12-41(34)23(18-42)8-11-34/h4,7,14-15,21-23,36,42-43H,2-3,5-6,8-13,16-19H2,1H3/t21-,22+,23-,34-/m1/s1. The summed E-state index contributed by atoms with van der Waals surface area (Å²) >= 11 is 0. The number of hydrogen-bond donors (Lipinski definition) is 3. The number of benzene rings is 2. The van der Waals surface area contributed by atoms with Gasteiger partial charge in [0.15, 0.2) is 0 Å². The van der Waals surface area contributed by atoms with Crippen molar-refractivity contribution in [3.8, 4) is 11.8 Å². The molecule has 0 spiro atoms. The van der Waals surface area contributed by atoms with Crippen LogP contribution in [-0.4, -0.2) is 94.0 Å². The quantitative estimate of drug-likeness (QED) is 0.367. The summed E-state index contributed by atoms with van der Waals surface area (Å²) in [6, 6.07) is 7.35. The Hall–Kier alpha value is -3.54. The zero-order valence-corrected chi connectivity index (χ0v) is 25.8. The highest BCUT2D eigenvalue weighted by molar-refractivity contribution is 6.13. The molecule has 10 nitrogen and oxygen atoms in total. The number of halogens is 1. The fourth-order valence-corrected chi connectivity index (χ4v) is 8.88. The van der Waals surface area contributed by atoms with E-state index in [0.29, 0.717) is 65.8 Å². The molecule has 0 radical (unpaired) electrons. The Morgan fingerprint density at radius 1 is 1.11 bits per heavy atom. The van der Waals surface area contributed by atoms with Gasteiger partial charge in [-0.05, 0) is 81.0 Å². The predicted molar refractivity (Wildman–Crippen MR) is 169 cm³/mol. The summed E-state index contributed by atoms with van der Waals surface area (Å²) in [5.74, 6) is 0.156. The Morgan fingerprint density at radius 2 is 1.93 bits per heavy atom. The van der Waals surface area contributed by atoms with Crippen LogP contribution in [0.4, 0.5) is 15.9 Å². The van der Waals surface area contributed by atoms with E-state index in [2.05, 4.69) is 15.1 Å². The first-order valence-corrected chi connectivity index (χ1v) is 16.6. The molecule has 0 saturated carbocycles. The molecule has 4 fully saturated rings. The van der Waals surface area contributed by atoms with Gasteiger partial charge in [0.2, 0.25) is 0 Å². The van der Waals surface area contributed by atoms with Gasteiger partial charge in [0.1, 0.15) is 29.7 Å². The number of nitrogens with one attached hydrogen (secondary N) is 1. The van der Waals surface area contributed by atoms with Crippen LogP contribution < -0.4 is 19.9 Å². The number of aryl methyl sites for hydroxylation is 1. The molecule has 238 valence electrons. The van der Waals surface area contributed by atoms with E-state index in [-0.39, 0.29) is 41.7 Å². The molecule has 11 heteroatoms. The lowest BCUT2D eigenvalue weighted by Gasteiger charge is -2.37. The molecule has 4 atom stereocenters. The number of carbonyl (C=O) groups excluding carboxylic acids is 1. The Labute approximate surface area is 262 Å². The number of nitrogens with zero attached hydrogens (tertiary/aromatic N) is 5. The number of rotatable bonds is 7. The Kier molecular flexibility index (Phi) is 7.11. The van der Waals surface area contributed by atoms with Gasteiger partial charge < -0.3 is 30.1 Å². The predicted octanol–water partition coefficient (Wildman–Crippen LogP) is 3.55. The van der Waals surface area contributed by atoms with Gasteiger partial charge >= 0.3 is 6.01 Å². The van der Waals surface area contributed by atoms with Crippen molar-refractivity contribution in [2.75, 3.05) is 49.2 Å². The average molecular weight is 617 g/mol. The number of fused-ring (bicyclic) bond motifs is 5. The summed E-state index contributed by atoms with van der Waals surface area (Å²) in [5.41, 5.74) is 1.97. The van der Waals surface area contributed by atoms with E-state index in [0.717, 1.165) is 69.5 Å². The number of carbonyl (C=O) groups is 1. The van der Waals surface area contributed by atoms with E-state index in [1.165, 1.54) is 6.07 Å². The number of hydrogen-bond acceptors (Lipinski definition) is 9. The highest BCUT2D eigenvalue weighted by Crippen LogP contribution is 2.43. The normalized spacial score (nSPS) is 27.8. The van der Waals surface area contributed by atoms with Crippen molar-refractivity contribution in [2.45, 2.75) is 82.0 Å². The number of aromatic hydroxyl groups is 1. The monoisotopic (exact) mass is 616 g/mol. The largest absolute Gasteiger partial charge is 0.508 e. The molecule has 45 heavy (non-hydrogen) atoms. The highest BCUT2D eigenvalue weighted by atomic mass is 19.1. The number of ether oxygens (including phenoxy) is 1. The second kappa shape index (κ2) is 11.1. The summed E-state index contributed by atoms with van der Waals surface area (Å²) in [4.78, 5) is 30.5. The van der Waals surface area contributed by atoms with Gasteiger partial charge in [0, 0.05) is 54.8 Å². The van der Waals surface area contributed by atoms with Gasteiger partial charge in [-0.25, -0.2) is 4.39 Å². The minimum Gasteiger partial charge on any atom is -0.508 e. The van der Waals surface area contributed by atoms with Crippen LogP contribution in [0.2, 0.25) is 0 Å². The average Bonchev–Trinajstić information content (AvgIpc) is 3.72. The van der Waals surface area contributed by atoms with Crippen molar-refractivity contribution in [2.24, 2.45) is 0 Å². The first kappa shape index (κ1) is 28.9. The number of aromatic nitrogens is 2. The molecule has 8 rings (SSSR count). The molecule has 6 heterocycles. The number of phenolic OH excluding ortho intramolecular Hbond substituents is 1. The molecule has 0 aliphatic carbocycles.